The van der Waals surface area contributed by atoms with E-state index in [9.17, 15) is 4.79 Å². The van der Waals surface area contributed by atoms with Crippen LogP contribution in [-0.4, -0.2) is 44.0 Å². The van der Waals surface area contributed by atoms with Crippen molar-refractivity contribution in [1.29, 1.82) is 0 Å². The van der Waals surface area contributed by atoms with Crippen LogP contribution in [0.2, 0.25) is 0 Å². The van der Waals surface area contributed by atoms with E-state index < -0.39 is 0 Å². The molecule has 0 bridgehead atoms. The van der Waals surface area contributed by atoms with Gasteiger partial charge in [0, 0.05) is 25.5 Å². The van der Waals surface area contributed by atoms with E-state index in [4.69, 9.17) is 4.52 Å². The quantitative estimate of drug-likeness (QED) is 0.548. The third-order valence-electron chi connectivity index (χ3n) is 5.01. The van der Waals surface area contributed by atoms with Gasteiger partial charge in [-0.2, -0.15) is 4.98 Å². The number of carbonyl (C=O) groups is 1. The molecule has 0 saturated carbocycles. The van der Waals surface area contributed by atoms with Gasteiger partial charge in [0.15, 0.2) is 0 Å². The molecule has 1 aliphatic heterocycles. The van der Waals surface area contributed by atoms with Crippen LogP contribution in [0.15, 0.2) is 65.4 Å². The van der Waals surface area contributed by atoms with Gasteiger partial charge in [0.05, 0.1) is 12.3 Å². The van der Waals surface area contributed by atoms with E-state index in [1.165, 1.54) is 0 Å². The smallest absolute Gasteiger partial charge is 0.240 e. The van der Waals surface area contributed by atoms with Crippen LogP contribution < -0.4 is 0 Å². The lowest BCUT2D eigenvalue weighted by molar-refractivity contribution is -0.135. The molecule has 1 amide bonds. The predicted molar refractivity (Wildman–Crippen MR) is 102 cm³/mol. The van der Waals surface area contributed by atoms with Crippen LogP contribution in [0.3, 0.4) is 0 Å². The Morgan fingerprint density at radius 3 is 2.64 bits per heavy atom. The predicted octanol–water partition coefficient (Wildman–Crippen LogP) is 2.85. The van der Waals surface area contributed by atoms with Gasteiger partial charge in [0.2, 0.25) is 23.4 Å². The monoisotopic (exact) mass is 371 g/mol. The Kier molecular flexibility index (Phi) is 4.05. The lowest BCUT2D eigenvalue weighted by Crippen LogP contribution is -2.49. The summed E-state index contributed by atoms with van der Waals surface area (Å²) in [5, 5.41) is 6.22. The van der Waals surface area contributed by atoms with E-state index in [1.807, 2.05) is 29.2 Å². The largest absolute Gasteiger partial charge is 0.341 e. The number of aromatic nitrogens is 4. The molecule has 0 unspecified atom stereocenters. The van der Waals surface area contributed by atoms with Crippen molar-refractivity contribution >= 4 is 16.7 Å². The number of likely N-dealkylation sites (tertiary alicyclic amines) is 1. The van der Waals surface area contributed by atoms with E-state index in [2.05, 4.69) is 38.3 Å². The van der Waals surface area contributed by atoms with Gasteiger partial charge in [-0.3, -0.25) is 4.79 Å². The summed E-state index contributed by atoms with van der Waals surface area (Å²) in [5.41, 5.74) is 1.05. The molecule has 4 aromatic rings. The summed E-state index contributed by atoms with van der Waals surface area (Å²) in [7, 11) is 0. The van der Waals surface area contributed by atoms with Crippen molar-refractivity contribution in [2.24, 2.45) is 0 Å². The van der Waals surface area contributed by atoms with Crippen LogP contribution in [0.25, 0.3) is 22.4 Å². The summed E-state index contributed by atoms with van der Waals surface area (Å²) in [5.74, 6) is 1.49. The maximum atomic E-state index is 12.7. The Labute approximate surface area is 161 Å². The van der Waals surface area contributed by atoms with Crippen molar-refractivity contribution in [3.05, 3.63) is 72.4 Å². The SMILES string of the molecule is O=C(Cc1cccc2ccccc12)N1CC(c2nc(-c3ncccn3)no2)C1. The van der Waals surface area contributed by atoms with Gasteiger partial charge in [0.25, 0.3) is 0 Å². The molecular weight excluding hydrogens is 354 g/mol. The average molecular weight is 371 g/mol. The number of fused-ring (bicyclic) bond motifs is 1. The number of hydrogen-bond donors (Lipinski definition) is 0. The average Bonchev–Trinajstić information content (AvgIpc) is 3.17. The minimum absolute atomic E-state index is 0.0569. The summed E-state index contributed by atoms with van der Waals surface area (Å²) in [6.07, 6.45) is 3.66. The Balaban J connectivity index is 1.24. The van der Waals surface area contributed by atoms with Crippen molar-refractivity contribution in [1.82, 2.24) is 25.0 Å². The van der Waals surface area contributed by atoms with E-state index in [0.717, 1.165) is 16.3 Å². The molecule has 1 fully saturated rings. The van der Waals surface area contributed by atoms with Crippen LogP contribution in [0.1, 0.15) is 17.4 Å². The second-order valence-electron chi connectivity index (χ2n) is 6.84. The summed E-state index contributed by atoms with van der Waals surface area (Å²) in [6, 6.07) is 15.9. The van der Waals surface area contributed by atoms with Crippen molar-refractivity contribution < 1.29 is 9.32 Å². The fourth-order valence-corrected chi connectivity index (χ4v) is 3.47. The molecule has 28 heavy (non-hydrogen) atoms. The van der Waals surface area contributed by atoms with Gasteiger partial charge < -0.3 is 9.42 Å². The maximum Gasteiger partial charge on any atom is 0.240 e. The minimum Gasteiger partial charge on any atom is -0.341 e. The molecule has 0 spiro atoms. The second kappa shape index (κ2) is 6.84. The molecule has 0 atom stereocenters. The summed E-state index contributed by atoms with van der Waals surface area (Å²) >= 11 is 0. The van der Waals surface area contributed by atoms with Gasteiger partial charge in [-0.1, -0.05) is 47.6 Å². The molecule has 0 radical (unpaired) electrons. The molecule has 1 aliphatic rings. The van der Waals surface area contributed by atoms with Crippen molar-refractivity contribution in [3.63, 3.8) is 0 Å². The fraction of sp³-hybridized carbons (Fsp3) is 0.190. The van der Waals surface area contributed by atoms with Crippen LogP contribution in [0.5, 0.6) is 0 Å². The highest BCUT2D eigenvalue weighted by Gasteiger charge is 2.35. The number of amides is 1. The third-order valence-corrected chi connectivity index (χ3v) is 5.01. The number of nitrogens with zero attached hydrogens (tertiary/aromatic N) is 5. The first-order chi connectivity index (χ1) is 13.8. The zero-order valence-corrected chi connectivity index (χ0v) is 15.0. The third kappa shape index (κ3) is 3.00. The molecule has 2 aromatic carbocycles. The topological polar surface area (TPSA) is 85.0 Å². The van der Waals surface area contributed by atoms with E-state index in [-0.39, 0.29) is 11.8 Å². The van der Waals surface area contributed by atoms with Gasteiger partial charge in [0.1, 0.15) is 0 Å². The summed E-state index contributed by atoms with van der Waals surface area (Å²) in [4.78, 5) is 27.1. The van der Waals surface area contributed by atoms with Crippen molar-refractivity contribution in [2.75, 3.05) is 13.1 Å². The molecule has 2 aromatic heterocycles. The fourth-order valence-electron chi connectivity index (χ4n) is 3.47. The van der Waals surface area contributed by atoms with Crippen molar-refractivity contribution in [3.8, 4) is 11.6 Å². The normalized spacial score (nSPS) is 14.2. The Hall–Kier alpha value is -3.61. The van der Waals surface area contributed by atoms with Crippen LogP contribution in [0.4, 0.5) is 0 Å². The molecule has 0 N–H and O–H groups in total. The zero-order valence-electron chi connectivity index (χ0n) is 15.0. The van der Waals surface area contributed by atoms with Crippen LogP contribution >= 0.6 is 0 Å². The van der Waals surface area contributed by atoms with E-state index in [1.54, 1.807) is 18.5 Å². The minimum atomic E-state index is 0.0569. The molecule has 138 valence electrons. The van der Waals surface area contributed by atoms with Gasteiger partial charge in [-0.25, -0.2) is 9.97 Å². The lowest BCUT2D eigenvalue weighted by Gasteiger charge is -2.37. The van der Waals surface area contributed by atoms with Crippen LogP contribution in [0, 0.1) is 0 Å². The second-order valence-corrected chi connectivity index (χ2v) is 6.84. The van der Waals surface area contributed by atoms with Gasteiger partial charge >= 0.3 is 0 Å². The molecule has 3 heterocycles. The molecule has 7 heteroatoms. The van der Waals surface area contributed by atoms with Crippen molar-refractivity contribution in [2.45, 2.75) is 12.3 Å². The molecule has 5 rings (SSSR count). The number of carbonyl (C=O) groups excluding carboxylic acids is 1. The summed E-state index contributed by atoms with van der Waals surface area (Å²) in [6.45, 7) is 1.17. The highest BCUT2D eigenvalue weighted by molar-refractivity contribution is 5.90. The standard InChI is InChI=1S/C21H17N5O2/c27-18(11-15-7-3-6-14-5-1-2-8-17(14)15)26-12-16(13-26)21-24-20(25-28-21)19-22-9-4-10-23-19/h1-10,16H,11-13H2. The Bertz CT molecular complexity index is 1130. The highest BCUT2D eigenvalue weighted by atomic mass is 16.5. The van der Waals surface area contributed by atoms with Gasteiger partial charge in [-0.15, -0.1) is 0 Å². The Morgan fingerprint density at radius 2 is 1.79 bits per heavy atom. The summed E-state index contributed by atoms with van der Waals surface area (Å²) < 4.78 is 5.35. The lowest BCUT2D eigenvalue weighted by atomic mass is 9.97. The highest BCUT2D eigenvalue weighted by Crippen LogP contribution is 2.28. The number of rotatable bonds is 4. The van der Waals surface area contributed by atoms with Gasteiger partial charge in [-0.05, 0) is 22.4 Å². The number of benzene rings is 2. The van der Waals surface area contributed by atoms with E-state index in [0.29, 0.717) is 37.0 Å². The maximum absolute atomic E-state index is 12.7. The van der Waals surface area contributed by atoms with Crippen LogP contribution in [-0.2, 0) is 11.2 Å². The molecule has 7 nitrogen and oxygen atoms in total. The van der Waals surface area contributed by atoms with E-state index >= 15 is 0 Å². The first kappa shape index (κ1) is 16.6. The Morgan fingerprint density at radius 1 is 1.00 bits per heavy atom. The molecule has 0 aliphatic carbocycles. The zero-order chi connectivity index (χ0) is 18.9. The molecule has 1 saturated heterocycles. The number of hydrogen-bond acceptors (Lipinski definition) is 6. The molecular formula is C21H17N5O2. The first-order valence-corrected chi connectivity index (χ1v) is 9.13. The first-order valence-electron chi connectivity index (χ1n) is 9.13.